The fraction of sp³-hybridized carbons (Fsp3) is 0.435. The molecule has 0 unspecified atom stereocenters. The first-order chi connectivity index (χ1) is 14.4. The molecule has 1 aliphatic heterocycles. The lowest BCUT2D eigenvalue weighted by Crippen LogP contribution is -2.48. The van der Waals surface area contributed by atoms with Crippen LogP contribution in [-0.2, 0) is 17.8 Å². The number of hydrogen-bond donors (Lipinski definition) is 0. The molecule has 0 atom stereocenters. The minimum Gasteiger partial charge on any atom is -0.339 e. The normalized spacial score (nSPS) is 15.1. The minimum atomic E-state index is -0.157. The number of benzene rings is 1. The van der Waals surface area contributed by atoms with Crippen molar-refractivity contribution in [3.8, 4) is 5.69 Å². The second-order valence-electron chi connectivity index (χ2n) is 8.16. The number of rotatable bonds is 4. The molecule has 0 N–H and O–H groups in total. The van der Waals surface area contributed by atoms with E-state index in [9.17, 15) is 9.59 Å². The Hall–Kier alpha value is -2.93. The van der Waals surface area contributed by atoms with Crippen molar-refractivity contribution >= 4 is 16.9 Å². The highest BCUT2D eigenvalue weighted by Crippen LogP contribution is 2.25. The molecule has 1 saturated heterocycles. The Morgan fingerprint density at radius 3 is 2.37 bits per heavy atom. The standard InChI is InChI=1S/C23H29N5O2/c1-5-18-14-20(29)27(15-21(30)26-12-10-25(4)11-13-26)23-22(18)17(3)24-28(23)19-8-6-16(2)7-9-19/h6-9,14H,5,10-13,15H2,1-4H3. The molecule has 1 aromatic carbocycles. The number of aryl methyl sites for hydroxylation is 3. The summed E-state index contributed by atoms with van der Waals surface area (Å²) in [5.41, 5.74) is 4.41. The molecule has 0 radical (unpaired) electrons. The lowest BCUT2D eigenvalue weighted by Gasteiger charge is -2.32. The molecule has 1 aliphatic rings. The fourth-order valence-corrected chi connectivity index (χ4v) is 4.13. The monoisotopic (exact) mass is 407 g/mol. The molecular formula is C23H29N5O2. The lowest BCUT2D eigenvalue weighted by molar-refractivity contribution is -0.133. The Labute approximate surface area is 176 Å². The van der Waals surface area contributed by atoms with E-state index in [0.29, 0.717) is 18.7 Å². The number of hydrogen-bond acceptors (Lipinski definition) is 4. The first kappa shape index (κ1) is 20.3. The van der Waals surface area contributed by atoms with Gasteiger partial charge in [0.1, 0.15) is 12.2 Å². The molecule has 4 rings (SSSR count). The second-order valence-corrected chi connectivity index (χ2v) is 8.16. The van der Waals surface area contributed by atoms with Gasteiger partial charge < -0.3 is 9.80 Å². The van der Waals surface area contributed by atoms with Gasteiger partial charge in [-0.05, 0) is 45.0 Å². The van der Waals surface area contributed by atoms with Crippen LogP contribution in [0.1, 0.15) is 23.7 Å². The summed E-state index contributed by atoms with van der Waals surface area (Å²) in [5, 5.41) is 5.72. The Morgan fingerprint density at radius 2 is 1.73 bits per heavy atom. The van der Waals surface area contributed by atoms with E-state index in [1.165, 1.54) is 0 Å². The zero-order valence-electron chi connectivity index (χ0n) is 18.2. The lowest BCUT2D eigenvalue weighted by atomic mass is 10.1. The van der Waals surface area contributed by atoms with Gasteiger partial charge in [-0.25, -0.2) is 4.68 Å². The van der Waals surface area contributed by atoms with Crippen LogP contribution in [0.25, 0.3) is 16.7 Å². The van der Waals surface area contributed by atoms with E-state index in [0.717, 1.165) is 47.4 Å². The average molecular weight is 408 g/mol. The predicted molar refractivity (Wildman–Crippen MR) is 118 cm³/mol. The summed E-state index contributed by atoms with van der Waals surface area (Å²) in [7, 11) is 2.06. The first-order valence-electron chi connectivity index (χ1n) is 10.5. The minimum absolute atomic E-state index is 0.0231. The third-order valence-corrected chi connectivity index (χ3v) is 5.99. The molecular weight excluding hydrogens is 378 g/mol. The number of aromatic nitrogens is 3. The highest BCUT2D eigenvalue weighted by Gasteiger charge is 2.23. The maximum atomic E-state index is 13.1. The second kappa shape index (κ2) is 8.07. The molecule has 1 amide bonds. The van der Waals surface area contributed by atoms with Crippen molar-refractivity contribution in [1.29, 1.82) is 0 Å². The van der Waals surface area contributed by atoms with Gasteiger partial charge in [-0.2, -0.15) is 5.10 Å². The number of amides is 1. The molecule has 3 heterocycles. The number of nitrogens with zero attached hydrogens (tertiary/aromatic N) is 5. The van der Waals surface area contributed by atoms with Gasteiger partial charge in [0.05, 0.1) is 11.4 Å². The van der Waals surface area contributed by atoms with Crippen LogP contribution in [0, 0.1) is 13.8 Å². The van der Waals surface area contributed by atoms with Crippen molar-refractivity contribution in [3.05, 3.63) is 57.5 Å². The predicted octanol–water partition coefficient (Wildman–Crippen LogP) is 2.14. The van der Waals surface area contributed by atoms with Crippen LogP contribution in [0.2, 0.25) is 0 Å². The molecule has 7 heteroatoms. The van der Waals surface area contributed by atoms with Crippen LogP contribution in [0.15, 0.2) is 35.1 Å². The van der Waals surface area contributed by atoms with Gasteiger partial charge in [0, 0.05) is 37.6 Å². The summed E-state index contributed by atoms with van der Waals surface area (Å²) in [6.45, 7) is 9.15. The topological polar surface area (TPSA) is 63.4 Å². The number of piperazine rings is 1. The van der Waals surface area contributed by atoms with Gasteiger partial charge in [0.15, 0.2) is 0 Å². The highest BCUT2D eigenvalue weighted by molar-refractivity contribution is 5.86. The molecule has 0 saturated carbocycles. The van der Waals surface area contributed by atoms with Crippen molar-refractivity contribution < 1.29 is 4.79 Å². The van der Waals surface area contributed by atoms with Gasteiger partial charge in [-0.1, -0.05) is 24.6 Å². The molecule has 0 spiro atoms. The van der Waals surface area contributed by atoms with Gasteiger partial charge in [-0.3, -0.25) is 14.2 Å². The van der Waals surface area contributed by atoms with Crippen LogP contribution < -0.4 is 5.56 Å². The molecule has 2 aromatic heterocycles. The Morgan fingerprint density at radius 1 is 1.07 bits per heavy atom. The highest BCUT2D eigenvalue weighted by atomic mass is 16.2. The Balaban J connectivity index is 1.84. The molecule has 7 nitrogen and oxygen atoms in total. The van der Waals surface area contributed by atoms with Gasteiger partial charge in [0.25, 0.3) is 5.56 Å². The third-order valence-electron chi connectivity index (χ3n) is 5.99. The van der Waals surface area contributed by atoms with E-state index in [2.05, 4.69) is 11.9 Å². The number of fused-ring (bicyclic) bond motifs is 1. The van der Waals surface area contributed by atoms with Gasteiger partial charge >= 0.3 is 0 Å². The Kier molecular flexibility index (Phi) is 5.47. The van der Waals surface area contributed by atoms with E-state index in [-0.39, 0.29) is 18.0 Å². The summed E-state index contributed by atoms with van der Waals surface area (Å²) < 4.78 is 3.40. The van der Waals surface area contributed by atoms with E-state index in [1.54, 1.807) is 10.6 Å². The number of carbonyl (C=O) groups is 1. The molecule has 158 valence electrons. The van der Waals surface area contributed by atoms with Gasteiger partial charge in [0.2, 0.25) is 5.91 Å². The van der Waals surface area contributed by atoms with E-state index in [4.69, 9.17) is 5.10 Å². The van der Waals surface area contributed by atoms with Crippen LogP contribution in [0.5, 0.6) is 0 Å². The molecule has 0 aliphatic carbocycles. The number of pyridine rings is 1. The summed E-state index contributed by atoms with van der Waals surface area (Å²) in [5.74, 6) is -0.0231. The van der Waals surface area contributed by atoms with Crippen molar-refractivity contribution in [2.75, 3.05) is 33.2 Å². The van der Waals surface area contributed by atoms with E-state index >= 15 is 0 Å². The van der Waals surface area contributed by atoms with E-state index < -0.39 is 0 Å². The van der Waals surface area contributed by atoms with Crippen LogP contribution in [0.3, 0.4) is 0 Å². The molecule has 30 heavy (non-hydrogen) atoms. The maximum Gasteiger partial charge on any atom is 0.252 e. The quantitative estimate of drug-likeness (QED) is 0.665. The van der Waals surface area contributed by atoms with Crippen LogP contribution in [-0.4, -0.2) is 63.3 Å². The summed E-state index contributed by atoms with van der Waals surface area (Å²) in [4.78, 5) is 30.2. The third kappa shape index (κ3) is 3.65. The van der Waals surface area contributed by atoms with Crippen LogP contribution in [0.4, 0.5) is 0 Å². The maximum absolute atomic E-state index is 13.1. The summed E-state index contributed by atoms with van der Waals surface area (Å²) >= 11 is 0. The zero-order chi connectivity index (χ0) is 21.4. The van der Waals surface area contributed by atoms with Crippen molar-refractivity contribution in [2.24, 2.45) is 0 Å². The molecule has 1 fully saturated rings. The molecule has 0 bridgehead atoms. The fourth-order valence-electron chi connectivity index (χ4n) is 4.13. The van der Waals surface area contributed by atoms with Crippen molar-refractivity contribution in [1.82, 2.24) is 24.1 Å². The smallest absolute Gasteiger partial charge is 0.252 e. The first-order valence-corrected chi connectivity index (χ1v) is 10.5. The van der Waals surface area contributed by atoms with Crippen LogP contribution >= 0.6 is 0 Å². The summed E-state index contributed by atoms with van der Waals surface area (Å²) in [6.07, 6.45) is 0.736. The largest absolute Gasteiger partial charge is 0.339 e. The zero-order valence-corrected chi connectivity index (χ0v) is 18.2. The number of carbonyl (C=O) groups excluding carboxylic acids is 1. The Bertz CT molecular complexity index is 1140. The average Bonchev–Trinajstić information content (AvgIpc) is 3.08. The summed E-state index contributed by atoms with van der Waals surface area (Å²) in [6, 6.07) is 9.71. The molecule has 3 aromatic rings. The van der Waals surface area contributed by atoms with Gasteiger partial charge in [-0.15, -0.1) is 0 Å². The van der Waals surface area contributed by atoms with Crippen molar-refractivity contribution in [3.63, 3.8) is 0 Å². The number of likely N-dealkylation sites (N-methyl/N-ethyl adjacent to an activating group) is 1. The van der Waals surface area contributed by atoms with Crippen molar-refractivity contribution in [2.45, 2.75) is 33.7 Å². The SMILES string of the molecule is CCc1cc(=O)n(CC(=O)N2CCN(C)CC2)c2c1c(C)nn2-c1ccc(C)cc1. The van der Waals surface area contributed by atoms with E-state index in [1.807, 2.05) is 54.6 Å².